The molecule has 1 rings (SSSR count). The molecule has 5 nitrogen and oxygen atoms in total. The zero-order valence-electron chi connectivity index (χ0n) is 10.3. The molecule has 1 fully saturated rings. The van der Waals surface area contributed by atoms with Gasteiger partial charge in [-0.1, -0.05) is 19.8 Å². The third-order valence-corrected chi connectivity index (χ3v) is 3.14. The van der Waals surface area contributed by atoms with Crippen LogP contribution in [0.4, 0.5) is 0 Å². The summed E-state index contributed by atoms with van der Waals surface area (Å²) < 4.78 is 4.94. The molecule has 0 amide bonds. The zero-order chi connectivity index (χ0) is 11.8. The van der Waals surface area contributed by atoms with Crippen molar-refractivity contribution >= 4 is 5.96 Å². The second-order valence-electron chi connectivity index (χ2n) is 4.38. The third kappa shape index (κ3) is 4.37. The summed E-state index contributed by atoms with van der Waals surface area (Å²) in [5.41, 5.74) is 2.61. The van der Waals surface area contributed by atoms with Crippen molar-refractivity contribution < 1.29 is 4.74 Å². The van der Waals surface area contributed by atoms with Crippen molar-refractivity contribution in [1.29, 1.82) is 0 Å². The quantitative estimate of drug-likeness (QED) is 0.217. The molecule has 0 heterocycles. The standard InChI is InChI=1S/C11H24N4O/c1-9-5-3-4-6-10(9)14-11(15-12)13-7-8-16-2/h9-10H,3-8,12H2,1-2H3,(H2,13,14,15). The second kappa shape index (κ2) is 7.46. The Bertz CT molecular complexity index is 220. The van der Waals surface area contributed by atoms with Crippen molar-refractivity contribution in [2.45, 2.75) is 38.6 Å². The third-order valence-electron chi connectivity index (χ3n) is 3.14. The van der Waals surface area contributed by atoms with E-state index in [1.165, 1.54) is 25.7 Å². The number of nitrogens with two attached hydrogens (primary N) is 1. The molecule has 1 aliphatic carbocycles. The summed E-state index contributed by atoms with van der Waals surface area (Å²) in [6.07, 6.45) is 5.11. The van der Waals surface area contributed by atoms with Gasteiger partial charge in [-0.2, -0.15) is 0 Å². The smallest absolute Gasteiger partial charge is 0.206 e. The number of hydrazine groups is 1. The molecule has 2 atom stereocenters. The first-order valence-electron chi connectivity index (χ1n) is 6.04. The van der Waals surface area contributed by atoms with E-state index in [4.69, 9.17) is 10.6 Å². The normalized spacial score (nSPS) is 26.6. The molecule has 0 aliphatic heterocycles. The van der Waals surface area contributed by atoms with Gasteiger partial charge < -0.3 is 10.1 Å². The lowest BCUT2D eigenvalue weighted by Gasteiger charge is -2.30. The molecule has 1 saturated carbocycles. The van der Waals surface area contributed by atoms with E-state index in [9.17, 15) is 0 Å². The molecule has 0 bridgehead atoms. The van der Waals surface area contributed by atoms with Crippen LogP contribution in [0, 0.1) is 5.92 Å². The van der Waals surface area contributed by atoms with Gasteiger partial charge in [0.15, 0.2) is 0 Å². The summed E-state index contributed by atoms with van der Waals surface area (Å²) in [4.78, 5) is 4.30. The average molecular weight is 228 g/mol. The number of ether oxygens (including phenoxy) is 1. The summed E-state index contributed by atoms with van der Waals surface area (Å²) >= 11 is 0. The predicted octanol–water partition coefficient (Wildman–Crippen LogP) is 0.620. The van der Waals surface area contributed by atoms with E-state index in [-0.39, 0.29) is 0 Å². The Hall–Kier alpha value is -0.810. The Morgan fingerprint density at radius 2 is 2.19 bits per heavy atom. The van der Waals surface area contributed by atoms with Crippen LogP contribution in [0.5, 0.6) is 0 Å². The van der Waals surface area contributed by atoms with Gasteiger partial charge in [0.05, 0.1) is 13.2 Å². The number of rotatable bonds is 4. The Morgan fingerprint density at radius 1 is 1.44 bits per heavy atom. The van der Waals surface area contributed by atoms with E-state index in [1.54, 1.807) is 7.11 Å². The fourth-order valence-corrected chi connectivity index (χ4v) is 2.09. The molecule has 0 saturated heterocycles. The lowest BCUT2D eigenvalue weighted by molar-refractivity contribution is 0.207. The first-order valence-corrected chi connectivity index (χ1v) is 6.04. The fourth-order valence-electron chi connectivity index (χ4n) is 2.09. The summed E-state index contributed by atoms with van der Waals surface area (Å²) in [7, 11) is 1.67. The number of guanidine groups is 1. The van der Waals surface area contributed by atoms with Crippen molar-refractivity contribution in [3.05, 3.63) is 0 Å². The number of nitrogens with one attached hydrogen (secondary N) is 2. The Morgan fingerprint density at radius 3 is 2.81 bits per heavy atom. The van der Waals surface area contributed by atoms with Crippen molar-refractivity contribution in [2.75, 3.05) is 20.3 Å². The molecule has 4 N–H and O–H groups in total. The molecule has 2 unspecified atom stereocenters. The lowest BCUT2D eigenvalue weighted by Crippen LogP contribution is -2.49. The first-order chi connectivity index (χ1) is 7.77. The Balaban J connectivity index is 2.38. The number of hydrogen-bond donors (Lipinski definition) is 3. The van der Waals surface area contributed by atoms with E-state index in [0.717, 1.165) is 0 Å². The van der Waals surface area contributed by atoms with Crippen LogP contribution < -0.4 is 16.6 Å². The minimum atomic E-state index is 0.492. The molecular weight excluding hydrogens is 204 g/mol. The van der Waals surface area contributed by atoms with Gasteiger partial charge in [-0.25, -0.2) is 10.8 Å². The topological polar surface area (TPSA) is 71.7 Å². The lowest BCUT2D eigenvalue weighted by atomic mass is 9.86. The van der Waals surface area contributed by atoms with Gasteiger partial charge >= 0.3 is 0 Å². The number of nitrogens with zero attached hydrogens (tertiary/aromatic N) is 1. The zero-order valence-corrected chi connectivity index (χ0v) is 10.3. The van der Waals surface area contributed by atoms with Gasteiger partial charge in [0.1, 0.15) is 0 Å². The van der Waals surface area contributed by atoms with Crippen LogP contribution in [-0.4, -0.2) is 32.3 Å². The predicted molar refractivity (Wildman–Crippen MR) is 66.1 cm³/mol. The Kier molecular flexibility index (Phi) is 6.18. The van der Waals surface area contributed by atoms with E-state index in [0.29, 0.717) is 31.1 Å². The number of methoxy groups -OCH3 is 1. The van der Waals surface area contributed by atoms with Gasteiger partial charge in [0, 0.05) is 13.2 Å². The molecule has 0 radical (unpaired) electrons. The van der Waals surface area contributed by atoms with Gasteiger partial charge in [0.25, 0.3) is 0 Å². The molecule has 0 aromatic rings. The van der Waals surface area contributed by atoms with E-state index >= 15 is 0 Å². The number of hydrogen-bond acceptors (Lipinski definition) is 3. The molecule has 0 aromatic heterocycles. The summed E-state index contributed by atoms with van der Waals surface area (Å²) in [5.74, 6) is 6.80. The molecular formula is C11H24N4O. The van der Waals surface area contributed by atoms with Crippen LogP contribution in [-0.2, 0) is 4.74 Å². The maximum atomic E-state index is 5.43. The minimum absolute atomic E-state index is 0.492. The number of aliphatic imine (C=N–C) groups is 1. The van der Waals surface area contributed by atoms with Crippen molar-refractivity contribution in [3.63, 3.8) is 0 Å². The molecule has 1 aliphatic rings. The van der Waals surface area contributed by atoms with Crippen molar-refractivity contribution in [2.24, 2.45) is 16.8 Å². The highest BCUT2D eigenvalue weighted by atomic mass is 16.5. The summed E-state index contributed by atoms with van der Waals surface area (Å²) in [5, 5.41) is 3.37. The summed E-state index contributed by atoms with van der Waals surface area (Å²) in [6.45, 7) is 3.53. The van der Waals surface area contributed by atoms with Crippen molar-refractivity contribution in [1.82, 2.24) is 10.7 Å². The summed E-state index contributed by atoms with van der Waals surface area (Å²) in [6, 6.07) is 0.492. The van der Waals surface area contributed by atoms with E-state index < -0.39 is 0 Å². The van der Waals surface area contributed by atoms with Crippen LogP contribution in [0.3, 0.4) is 0 Å². The monoisotopic (exact) mass is 228 g/mol. The van der Waals surface area contributed by atoms with Crippen molar-refractivity contribution in [3.8, 4) is 0 Å². The highest BCUT2D eigenvalue weighted by Gasteiger charge is 2.21. The molecule has 0 spiro atoms. The largest absolute Gasteiger partial charge is 0.383 e. The fraction of sp³-hybridized carbons (Fsp3) is 0.909. The highest BCUT2D eigenvalue weighted by molar-refractivity contribution is 5.79. The van der Waals surface area contributed by atoms with Crippen LogP contribution >= 0.6 is 0 Å². The first kappa shape index (κ1) is 13.3. The van der Waals surface area contributed by atoms with E-state index in [1.807, 2.05) is 0 Å². The van der Waals surface area contributed by atoms with Gasteiger partial charge in [0.2, 0.25) is 5.96 Å². The van der Waals surface area contributed by atoms with Crippen LogP contribution in [0.25, 0.3) is 0 Å². The maximum absolute atomic E-state index is 5.43. The maximum Gasteiger partial charge on any atom is 0.206 e. The van der Waals surface area contributed by atoms with Crippen LogP contribution in [0.15, 0.2) is 4.99 Å². The molecule has 5 heteroatoms. The van der Waals surface area contributed by atoms with Crippen LogP contribution in [0.2, 0.25) is 0 Å². The van der Waals surface area contributed by atoms with Gasteiger partial charge in [-0.05, 0) is 18.8 Å². The minimum Gasteiger partial charge on any atom is -0.383 e. The molecule has 16 heavy (non-hydrogen) atoms. The highest BCUT2D eigenvalue weighted by Crippen LogP contribution is 2.23. The van der Waals surface area contributed by atoms with Gasteiger partial charge in [-0.15, -0.1) is 0 Å². The Labute approximate surface area is 97.8 Å². The van der Waals surface area contributed by atoms with E-state index in [2.05, 4.69) is 22.7 Å². The van der Waals surface area contributed by atoms with Crippen LogP contribution in [0.1, 0.15) is 32.6 Å². The SMILES string of the molecule is COCCN=C(NN)NC1CCCCC1C. The molecule has 94 valence electrons. The second-order valence-corrected chi connectivity index (χ2v) is 4.38. The molecule has 0 aromatic carbocycles. The average Bonchev–Trinajstić information content (AvgIpc) is 2.30. The van der Waals surface area contributed by atoms with Gasteiger partial charge in [-0.3, -0.25) is 5.43 Å².